The number of carboxylic acids is 1. The maximum Gasteiger partial charge on any atom is 0.326 e. The molecule has 7 nitrogen and oxygen atoms in total. The van der Waals surface area contributed by atoms with E-state index >= 15 is 0 Å². The summed E-state index contributed by atoms with van der Waals surface area (Å²) in [5, 5.41) is 16.4. The molecule has 22 heavy (non-hydrogen) atoms. The molecule has 0 radical (unpaired) electrons. The Hall–Kier alpha value is -1.96. The monoisotopic (exact) mass is 327 g/mol. The fraction of sp³-hybridized carbons (Fsp3) is 0.571. The number of thiazole rings is 1. The van der Waals surface area contributed by atoms with Gasteiger partial charge in [0.25, 0.3) is 0 Å². The van der Waals surface area contributed by atoms with E-state index in [1.165, 1.54) is 11.3 Å². The van der Waals surface area contributed by atoms with E-state index in [2.05, 4.69) is 15.6 Å². The second-order valence-corrected chi connectivity index (χ2v) is 6.29. The fourth-order valence-electron chi connectivity index (χ4n) is 1.78. The second kappa shape index (κ2) is 8.47. The second-order valence-electron chi connectivity index (χ2n) is 5.43. The van der Waals surface area contributed by atoms with E-state index in [9.17, 15) is 14.4 Å². The lowest BCUT2D eigenvalue weighted by atomic mass is 10.0. The molecular weight excluding hydrogens is 306 g/mol. The molecule has 2 amide bonds. The molecule has 1 rings (SSSR count). The molecule has 1 aromatic rings. The van der Waals surface area contributed by atoms with E-state index < -0.39 is 17.9 Å². The van der Waals surface area contributed by atoms with E-state index in [0.717, 1.165) is 5.69 Å². The summed E-state index contributed by atoms with van der Waals surface area (Å²) in [6.07, 6.45) is 0.280. The zero-order valence-corrected chi connectivity index (χ0v) is 13.7. The van der Waals surface area contributed by atoms with Crippen LogP contribution >= 0.6 is 11.3 Å². The molecule has 0 bridgehead atoms. The van der Waals surface area contributed by atoms with Gasteiger partial charge in [-0.2, -0.15) is 0 Å². The molecule has 0 aliphatic carbocycles. The van der Waals surface area contributed by atoms with Crippen molar-refractivity contribution in [2.75, 3.05) is 5.32 Å². The standard InChI is InChI=1S/C14H21N3O4S/c1-8(2)6-10(13(20)21)16-11(18)4-5-12(19)17-14-15-9(3)7-22-14/h7-8,10H,4-6H2,1-3H3,(H,16,18)(H,20,21)(H,15,17,19). The SMILES string of the molecule is Cc1csc(NC(=O)CCC(=O)NC(CC(C)C)C(=O)O)n1. The number of anilines is 1. The Bertz CT molecular complexity index is 542. The van der Waals surface area contributed by atoms with Crippen LogP contribution in [0, 0.1) is 12.8 Å². The van der Waals surface area contributed by atoms with E-state index in [4.69, 9.17) is 5.11 Å². The quantitative estimate of drug-likeness (QED) is 0.674. The first kappa shape index (κ1) is 18.1. The Balaban J connectivity index is 2.38. The van der Waals surface area contributed by atoms with Crippen molar-refractivity contribution in [3.8, 4) is 0 Å². The number of aromatic nitrogens is 1. The minimum absolute atomic E-state index is 0.0154. The molecule has 0 aromatic carbocycles. The average Bonchev–Trinajstić information content (AvgIpc) is 2.80. The third-order valence-electron chi connectivity index (χ3n) is 2.78. The van der Waals surface area contributed by atoms with Crippen LogP contribution in [-0.4, -0.2) is 33.9 Å². The zero-order chi connectivity index (χ0) is 16.7. The Morgan fingerprint density at radius 3 is 2.41 bits per heavy atom. The lowest BCUT2D eigenvalue weighted by Gasteiger charge is -2.16. The molecule has 1 heterocycles. The molecule has 122 valence electrons. The smallest absolute Gasteiger partial charge is 0.326 e. The largest absolute Gasteiger partial charge is 0.480 e. The van der Waals surface area contributed by atoms with Crippen LogP contribution in [-0.2, 0) is 14.4 Å². The highest BCUT2D eigenvalue weighted by Gasteiger charge is 2.21. The summed E-state index contributed by atoms with van der Waals surface area (Å²) in [5.74, 6) is -1.68. The number of hydrogen-bond donors (Lipinski definition) is 3. The van der Waals surface area contributed by atoms with Crippen LogP contribution in [0.3, 0.4) is 0 Å². The van der Waals surface area contributed by atoms with Gasteiger partial charge >= 0.3 is 5.97 Å². The van der Waals surface area contributed by atoms with Crippen molar-refractivity contribution in [1.29, 1.82) is 0 Å². The summed E-state index contributed by atoms with van der Waals surface area (Å²) in [6.45, 7) is 5.58. The van der Waals surface area contributed by atoms with Gasteiger partial charge in [-0.05, 0) is 19.3 Å². The van der Waals surface area contributed by atoms with Crippen LogP contribution in [0.25, 0.3) is 0 Å². The molecular formula is C14H21N3O4S. The molecule has 0 saturated heterocycles. The van der Waals surface area contributed by atoms with Crippen molar-refractivity contribution in [2.45, 2.75) is 46.1 Å². The van der Waals surface area contributed by atoms with Gasteiger partial charge in [-0.25, -0.2) is 9.78 Å². The Kier molecular flexibility index (Phi) is 6.97. The number of amides is 2. The van der Waals surface area contributed by atoms with E-state index in [1.807, 2.05) is 26.2 Å². The van der Waals surface area contributed by atoms with Crippen molar-refractivity contribution in [3.63, 3.8) is 0 Å². The highest BCUT2D eigenvalue weighted by atomic mass is 32.1. The van der Waals surface area contributed by atoms with Gasteiger partial charge in [-0.3, -0.25) is 9.59 Å². The summed E-state index contributed by atoms with van der Waals surface area (Å²) in [5.41, 5.74) is 0.816. The van der Waals surface area contributed by atoms with Crippen molar-refractivity contribution >= 4 is 34.3 Å². The van der Waals surface area contributed by atoms with Crippen LogP contribution in [0.2, 0.25) is 0 Å². The average molecular weight is 327 g/mol. The van der Waals surface area contributed by atoms with Crippen molar-refractivity contribution in [1.82, 2.24) is 10.3 Å². The third kappa shape index (κ3) is 6.66. The van der Waals surface area contributed by atoms with Gasteiger partial charge in [0.15, 0.2) is 5.13 Å². The van der Waals surface area contributed by atoms with Crippen molar-refractivity contribution in [2.24, 2.45) is 5.92 Å². The normalized spacial score (nSPS) is 12.0. The van der Waals surface area contributed by atoms with Gasteiger partial charge in [-0.15, -0.1) is 11.3 Å². The first-order valence-electron chi connectivity index (χ1n) is 7.02. The van der Waals surface area contributed by atoms with Gasteiger partial charge in [-0.1, -0.05) is 13.8 Å². The summed E-state index contributed by atoms with van der Waals surface area (Å²) in [6, 6.07) is -0.919. The number of nitrogens with zero attached hydrogens (tertiary/aromatic N) is 1. The maximum absolute atomic E-state index is 11.7. The van der Waals surface area contributed by atoms with E-state index in [-0.39, 0.29) is 24.7 Å². The number of carbonyl (C=O) groups is 3. The molecule has 0 saturated carbocycles. The predicted molar refractivity (Wildman–Crippen MR) is 83.7 cm³/mol. The minimum atomic E-state index is -1.07. The first-order valence-corrected chi connectivity index (χ1v) is 7.90. The number of carbonyl (C=O) groups excluding carboxylic acids is 2. The molecule has 1 atom stereocenters. The lowest BCUT2D eigenvalue weighted by Crippen LogP contribution is -2.41. The van der Waals surface area contributed by atoms with Crippen molar-refractivity contribution in [3.05, 3.63) is 11.1 Å². The van der Waals surface area contributed by atoms with E-state index in [0.29, 0.717) is 11.6 Å². The topological polar surface area (TPSA) is 108 Å². The number of aliphatic carboxylic acids is 1. The molecule has 1 unspecified atom stereocenters. The minimum Gasteiger partial charge on any atom is -0.480 e. The van der Waals surface area contributed by atoms with Crippen LogP contribution in [0.1, 0.15) is 38.8 Å². The van der Waals surface area contributed by atoms with Crippen molar-refractivity contribution < 1.29 is 19.5 Å². The molecule has 1 aromatic heterocycles. The summed E-state index contributed by atoms with van der Waals surface area (Å²) < 4.78 is 0. The summed E-state index contributed by atoms with van der Waals surface area (Å²) >= 11 is 1.31. The maximum atomic E-state index is 11.7. The third-order valence-corrected chi connectivity index (χ3v) is 3.66. The highest BCUT2D eigenvalue weighted by molar-refractivity contribution is 7.13. The van der Waals surface area contributed by atoms with Crippen LogP contribution in [0.5, 0.6) is 0 Å². The van der Waals surface area contributed by atoms with Gasteiger partial charge in [0.05, 0.1) is 5.69 Å². The first-order chi connectivity index (χ1) is 10.3. The van der Waals surface area contributed by atoms with Gasteiger partial charge < -0.3 is 15.7 Å². The fourth-order valence-corrected chi connectivity index (χ4v) is 2.48. The Morgan fingerprint density at radius 2 is 1.91 bits per heavy atom. The van der Waals surface area contributed by atoms with Crippen LogP contribution in [0.4, 0.5) is 5.13 Å². The molecule has 0 fully saturated rings. The number of rotatable bonds is 8. The molecule has 0 aliphatic rings. The van der Waals surface area contributed by atoms with Gasteiger partial charge in [0.1, 0.15) is 6.04 Å². The van der Waals surface area contributed by atoms with Gasteiger partial charge in [0, 0.05) is 18.2 Å². The zero-order valence-electron chi connectivity index (χ0n) is 12.9. The van der Waals surface area contributed by atoms with Crippen LogP contribution in [0.15, 0.2) is 5.38 Å². The number of hydrogen-bond acceptors (Lipinski definition) is 5. The molecule has 8 heteroatoms. The lowest BCUT2D eigenvalue weighted by molar-refractivity contribution is -0.142. The Labute approximate surface area is 133 Å². The number of aryl methyl sites for hydroxylation is 1. The molecule has 0 aliphatic heterocycles. The predicted octanol–water partition coefficient (Wildman–Crippen LogP) is 1.79. The van der Waals surface area contributed by atoms with E-state index in [1.54, 1.807) is 0 Å². The highest BCUT2D eigenvalue weighted by Crippen LogP contribution is 2.14. The summed E-state index contributed by atoms with van der Waals surface area (Å²) in [4.78, 5) is 38.6. The Morgan fingerprint density at radius 1 is 1.27 bits per heavy atom. The van der Waals surface area contributed by atoms with Gasteiger partial charge in [0.2, 0.25) is 11.8 Å². The number of carboxylic acid groups (broad SMARTS) is 1. The van der Waals surface area contributed by atoms with Crippen LogP contribution < -0.4 is 10.6 Å². The number of nitrogens with one attached hydrogen (secondary N) is 2. The molecule has 3 N–H and O–H groups in total. The molecule has 0 spiro atoms. The summed E-state index contributed by atoms with van der Waals surface area (Å²) in [7, 11) is 0.